The lowest BCUT2D eigenvalue weighted by atomic mass is 10.1. The van der Waals surface area contributed by atoms with E-state index in [-0.39, 0.29) is 30.2 Å². The van der Waals surface area contributed by atoms with Gasteiger partial charge in [-0.25, -0.2) is 9.18 Å². The molecule has 0 saturated carbocycles. The molecule has 1 aliphatic heterocycles. The van der Waals surface area contributed by atoms with Crippen LogP contribution in [0.4, 0.5) is 23.4 Å². The SMILES string of the molecule is CCn1cc(C(=O)O)c(N2CC(Oc3cc(F)cc(C(F)(F)F)c3)C2)n1. The third-order valence-electron chi connectivity index (χ3n) is 3.95. The number of halogens is 4. The van der Waals surface area contributed by atoms with Gasteiger partial charge in [-0.15, -0.1) is 0 Å². The van der Waals surface area contributed by atoms with Crippen LogP contribution < -0.4 is 9.64 Å². The lowest BCUT2D eigenvalue weighted by Crippen LogP contribution is -2.54. The van der Waals surface area contributed by atoms with Gasteiger partial charge >= 0.3 is 12.1 Å². The average Bonchev–Trinajstić information content (AvgIpc) is 2.93. The fourth-order valence-corrected chi connectivity index (χ4v) is 2.63. The first-order chi connectivity index (χ1) is 12.2. The van der Waals surface area contributed by atoms with E-state index in [0.29, 0.717) is 12.6 Å². The maximum Gasteiger partial charge on any atom is 0.416 e. The second-order valence-electron chi connectivity index (χ2n) is 5.85. The van der Waals surface area contributed by atoms with E-state index in [4.69, 9.17) is 4.74 Å². The molecule has 1 aliphatic rings. The fourth-order valence-electron chi connectivity index (χ4n) is 2.63. The van der Waals surface area contributed by atoms with E-state index in [9.17, 15) is 27.5 Å². The molecular formula is C16H15F4N3O3. The monoisotopic (exact) mass is 373 g/mol. The van der Waals surface area contributed by atoms with Gasteiger partial charge < -0.3 is 14.7 Å². The number of rotatable bonds is 5. The van der Waals surface area contributed by atoms with E-state index < -0.39 is 29.6 Å². The minimum absolute atomic E-state index is 0.0374. The van der Waals surface area contributed by atoms with Crippen LogP contribution in [0.5, 0.6) is 5.75 Å². The van der Waals surface area contributed by atoms with Gasteiger partial charge in [-0.2, -0.15) is 18.3 Å². The third kappa shape index (κ3) is 3.58. The molecule has 1 N–H and O–H groups in total. The number of alkyl halides is 3. The van der Waals surface area contributed by atoms with Gasteiger partial charge in [-0.3, -0.25) is 4.68 Å². The number of ether oxygens (including phenoxy) is 1. The Morgan fingerprint density at radius 3 is 2.62 bits per heavy atom. The predicted octanol–water partition coefficient (Wildman–Crippen LogP) is 3.03. The first kappa shape index (κ1) is 18.0. The van der Waals surface area contributed by atoms with Crippen LogP contribution in [-0.2, 0) is 12.7 Å². The lowest BCUT2D eigenvalue weighted by molar-refractivity contribution is -0.137. The van der Waals surface area contributed by atoms with Crippen LogP contribution in [0.15, 0.2) is 24.4 Å². The Kier molecular flexibility index (Phi) is 4.51. The minimum atomic E-state index is -4.67. The molecule has 1 saturated heterocycles. The number of aromatic nitrogens is 2. The third-order valence-corrected chi connectivity index (χ3v) is 3.95. The van der Waals surface area contributed by atoms with Gasteiger partial charge in [0.05, 0.1) is 18.7 Å². The summed E-state index contributed by atoms with van der Waals surface area (Å²) in [6, 6.07) is 2.02. The molecule has 0 radical (unpaired) electrons. The molecule has 140 valence electrons. The number of carboxylic acid groups (broad SMARTS) is 1. The van der Waals surface area contributed by atoms with Crippen molar-refractivity contribution in [3.8, 4) is 5.75 Å². The summed E-state index contributed by atoms with van der Waals surface area (Å²) in [5, 5.41) is 13.4. The molecular weight excluding hydrogens is 358 g/mol. The number of hydrogen-bond donors (Lipinski definition) is 1. The number of anilines is 1. The molecule has 0 aliphatic carbocycles. The van der Waals surface area contributed by atoms with Crippen LogP contribution in [0.3, 0.4) is 0 Å². The summed E-state index contributed by atoms with van der Waals surface area (Å²) in [5.41, 5.74) is -1.09. The molecule has 0 unspecified atom stereocenters. The Morgan fingerprint density at radius 2 is 2.04 bits per heavy atom. The van der Waals surface area contributed by atoms with Crippen molar-refractivity contribution in [2.24, 2.45) is 0 Å². The highest BCUT2D eigenvalue weighted by Gasteiger charge is 2.35. The van der Waals surface area contributed by atoms with Crippen molar-refractivity contribution in [2.75, 3.05) is 18.0 Å². The summed E-state index contributed by atoms with van der Waals surface area (Å²) in [4.78, 5) is 12.9. The molecule has 0 amide bonds. The standard InChI is InChI=1S/C16H15F4N3O3/c1-2-23-8-13(15(24)25)14(21-23)22-6-12(7-22)26-11-4-9(16(18,19)20)3-10(17)5-11/h3-5,8,12H,2,6-7H2,1H3,(H,24,25). The van der Waals surface area contributed by atoms with E-state index in [0.717, 1.165) is 12.1 Å². The summed E-state index contributed by atoms with van der Waals surface area (Å²) in [6.45, 7) is 2.78. The zero-order valence-electron chi connectivity index (χ0n) is 13.6. The second kappa shape index (κ2) is 6.50. The smallest absolute Gasteiger partial charge is 0.416 e. The maximum absolute atomic E-state index is 13.4. The van der Waals surface area contributed by atoms with Crippen LogP contribution in [0.1, 0.15) is 22.8 Å². The van der Waals surface area contributed by atoms with Gasteiger partial charge in [0, 0.05) is 18.8 Å². The molecule has 6 nitrogen and oxygen atoms in total. The number of carboxylic acids is 1. The Morgan fingerprint density at radius 1 is 1.35 bits per heavy atom. The van der Waals surface area contributed by atoms with Gasteiger partial charge in [0.1, 0.15) is 23.2 Å². The number of aryl methyl sites for hydroxylation is 1. The largest absolute Gasteiger partial charge is 0.487 e. The molecule has 3 rings (SSSR count). The summed E-state index contributed by atoms with van der Waals surface area (Å²) >= 11 is 0. The van der Waals surface area contributed by atoms with E-state index in [2.05, 4.69) is 5.10 Å². The Balaban J connectivity index is 1.69. The molecule has 1 aromatic carbocycles. The minimum Gasteiger partial charge on any atom is -0.487 e. The molecule has 10 heteroatoms. The lowest BCUT2D eigenvalue weighted by Gasteiger charge is -2.39. The summed E-state index contributed by atoms with van der Waals surface area (Å²) < 4.78 is 58.4. The summed E-state index contributed by atoms with van der Waals surface area (Å²) in [5.74, 6) is -2.11. The predicted molar refractivity (Wildman–Crippen MR) is 82.9 cm³/mol. The quantitative estimate of drug-likeness (QED) is 0.816. The van der Waals surface area contributed by atoms with E-state index in [1.54, 1.807) is 4.90 Å². The highest BCUT2D eigenvalue weighted by atomic mass is 19.4. The van der Waals surface area contributed by atoms with Crippen LogP contribution in [0, 0.1) is 5.82 Å². The number of benzene rings is 1. The molecule has 1 fully saturated rings. The van der Waals surface area contributed by atoms with E-state index in [1.165, 1.54) is 10.9 Å². The second-order valence-corrected chi connectivity index (χ2v) is 5.85. The van der Waals surface area contributed by atoms with Gasteiger partial charge in [0.2, 0.25) is 0 Å². The van der Waals surface area contributed by atoms with Gasteiger partial charge in [-0.05, 0) is 19.1 Å². The van der Waals surface area contributed by atoms with Gasteiger partial charge in [0.15, 0.2) is 5.82 Å². The molecule has 0 atom stereocenters. The summed E-state index contributed by atoms with van der Waals surface area (Å²) in [7, 11) is 0. The van der Waals surface area contributed by atoms with Crippen molar-refractivity contribution < 1.29 is 32.2 Å². The molecule has 1 aromatic heterocycles. The van der Waals surface area contributed by atoms with Crippen LogP contribution >= 0.6 is 0 Å². The van der Waals surface area contributed by atoms with Gasteiger partial charge in [0.25, 0.3) is 0 Å². The van der Waals surface area contributed by atoms with Crippen LogP contribution in [0.2, 0.25) is 0 Å². The van der Waals surface area contributed by atoms with Gasteiger partial charge in [-0.1, -0.05) is 0 Å². The van der Waals surface area contributed by atoms with Crippen molar-refractivity contribution in [3.05, 3.63) is 41.3 Å². The number of hydrogen-bond acceptors (Lipinski definition) is 4. The zero-order chi connectivity index (χ0) is 19.1. The topological polar surface area (TPSA) is 67.6 Å². The Hall–Kier alpha value is -2.78. The molecule has 26 heavy (non-hydrogen) atoms. The highest BCUT2D eigenvalue weighted by molar-refractivity contribution is 5.93. The Labute approximate surface area is 145 Å². The van der Waals surface area contributed by atoms with Crippen molar-refractivity contribution in [3.63, 3.8) is 0 Å². The molecule has 0 spiro atoms. The van der Waals surface area contributed by atoms with Crippen LogP contribution in [0.25, 0.3) is 0 Å². The zero-order valence-corrected chi connectivity index (χ0v) is 13.6. The van der Waals surface area contributed by atoms with Crippen molar-refractivity contribution in [1.29, 1.82) is 0 Å². The Bertz CT molecular complexity index is 829. The summed E-state index contributed by atoms with van der Waals surface area (Å²) in [6.07, 6.45) is -3.75. The first-order valence-electron chi connectivity index (χ1n) is 7.77. The molecule has 2 heterocycles. The van der Waals surface area contributed by atoms with Crippen molar-refractivity contribution >= 4 is 11.8 Å². The normalized spacial score (nSPS) is 15.0. The first-order valence-corrected chi connectivity index (χ1v) is 7.77. The van der Waals surface area contributed by atoms with Crippen molar-refractivity contribution in [1.82, 2.24) is 9.78 Å². The number of nitrogens with zero attached hydrogens (tertiary/aromatic N) is 3. The van der Waals surface area contributed by atoms with E-state index in [1.807, 2.05) is 6.92 Å². The highest BCUT2D eigenvalue weighted by Crippen LogP contribution is 2.33. The number of carbonyl (C=O) groups is 1. The fraction of sp³-hybridized carbons (Fsp3) is 0.375. The van der Waals surface area contributed by atoms with E-state index >= 15 is 0 Å². The number of aromatic carboxylic acids is 1. The molecule has 0 bridgehead atoms. The maximum atomic E-state index is 13.4. The molecule has 2 aromatic rings. The van der Waals surface area contributed by atoms with Crippen LogP contribution in [-0.4, -0.2) is 40.0 Å². The van der Waals surface area contributed by atoms with Crippen molar-refractivity contribution in [2.45, 2.75) is 25.7 Å². The average molecular weight is 373 g/mol.